The second-order valence-electron chi connectivity index (χ2n) is 23.0. The smallest absolute Gasteiger partial charge is 0.462 e. The molecule has 0 bridgehead atoms. The first-order valence-electron chi connectivity index (χ1n) is 35.6. The van der Waals surface area contributed by atoms with Crippen LogP contribution < -0.4 is 5.73 Å². The van der Waals surface area contributed by atoms with Crippen molar-refractivity contribution in [2.24, 2.45) is 5.73 Å². The molecule has 0 amide bonds. The monoisotopic (exact) mass is 1250 g/mol. The van der Waals surface area contributed by atoms with Gasteiger partial charge >= 0.3 is 19.8 Å². The fraction of sp³-hybridized carbons (Fsp3) is 0.620. The number of carbonyl (C=O) groups excluding carboxylic acids is 2. The maximum Gasteiger partial charge on any atom is 0.472 e. The van der Waals surface area contributed by atoms with Crippen molar-refractivity contribution in [3.8, 4) is 0 Å². The molecule has 0 saturated carbocycles. The zero-order chi connectivity index (χ0) is 64.4. The van der Waals surface area contributed by atoms with Crippen LogP contribution in [0, 0.1) is 0 Å². The summed E-state index contributed by atoms with van der Waals surface area (Å²) in [6, 6.07) is 0. The molecule has 504 valence electrons. The second kappa shape index (κ2) is 72.4. The Morgan fingerprint density at radius 1 is 0.337 bits per heavy atom. The number of hydrogen-bond acceptors (Lipinski definition) is 8. The zero-order valence-electron chi connectivity index (χ0n) is 56.6. The highest BCUT2D eigenvalue weighted by atomic mass is 31.2. The zero-order valence-corrected chi connectivity index (χ0v) is 57.5. The molecule has 0 aromatic heterocycles. The van der Waals surface area contributed by atoms with Crippen molar-refractivity contribution in [2.75, 3.05) is 26.4 Å². The largest absolute Gasteiger partial charge is 0.472 e. The Kier molecular flexibility index (Phi) is 68.7. The van der Waals surface area contributed by atoms with Gasteiger partial charge in [-0.1, -0.05) is 312 Å². The maximum absolute atomic E-state index is 12.8. The van der Waals surface area contributed by atoms with E-state index in [9.17, 15) is 19.0 Å². The summed E-state index contributed by atoms with van der Waals surface area (Å²) in [5.41, 5.74) is 5.40. The molecule has 89 heavy (non-hydrogen) atoms. The molecule has 0 rings (SSSR count). The number of phosphoric ester groups is 1. The third-order valence-electron chi connectivity index (χ3n) is 14.6. The second-order valence-corrected chi connectivity index (χ2v) is 24.4. The number of rotatable bonds is 65. The van der Waals surface area contributed by atoms with Crippen molar-refractivity contribution in [3.05, 3.63) is 170 Å². The summed E-state index contributed by atoms with van der Waals surface area (Å²) in [6.07, 6.45) is 107. The third kappa shape index (κ3) is 72.3. The first-order valence-corrected chi connectivity index (χ1v) is 37.1. The lowest BCUT2D eigenvalue weighted by molar-refractivity contribution is -0.161. The predicted octanol–water partition coefficient (Wildman–Crippen LogP) is 23.7. The van der Waals surface area contributed by atoms with Crippen LogP contribution in [-0.2, 0) is 32.7 Å². The van der Waals surface area contributed by atoms with Gasteiger partial charge in [0.15, 0.2) is 6.10 Å². The summed E-state index contributed by atoms with van der Waals surface area (Å²) in [5, 5.41) is 0. The van der Waals surface area contributed by atoms with Crippen molar-refractivity contribution in [1.82, 2.24) is 0 Å². The third-order valence-corrected chi connectivity index (χ3v) is 15.6. The van der Waals surface area contributed by atoms with Crippen LogP contribution in [0.15, 0.2) is 170 Å². The van der Waals surface area contributed by atoms with Crippen LogP contribution >= 0.6 is 7.82 Å². The average molecular weight is 1250 g/mol. The summed E-state index contributed by atoms with van der Waals surface area (Å²) < 4.78 is 33.2. The number of hydrogen-bond donors (Lipinski definition) is 2. The molecule has 0 aliphatic heterocycles. The Bertz CT molecular complexity index is 2070. The topological polar surface area (TPSA) is 134 Å². The highest BCUT2D eigenvalue weighted by Crippen LogP contribution is 2.43. The Morgan fingerprint density at radius 2 is 0.584 bits per heavy atom. The summed E-state index contributed by atoms with van der Waals surface area (Å²) in [7, 11) is -4.41. The van der Waals surface area contributed by atoms with Crippen LogP contribution in [0.3, 0.4) is 0 Å². The van der Waals surface area contributed by atoms with Crippen molar-refractivity contribution < 1.29 is 37.6 Å². The SMILES string of the molecule is CC/C=C\C/C=C\C/C=C\C/C=C\C/C=C\C/C=C\C/C=C\CCCCCCCCCCCCCCCCCC(=O)OC(COC(=O)CCCCCCCCCCC/C=C\C/C=C\C/C=C\C/C=C\C/C=C\C/C=C\C/C=C\CC)COP(=O)(O)OCCN. The quantitative estimate of drug-likeness (QED) is 0.0264. The number of carbonyl (C=O) groups is 2. The van der Waals surface area contributed by atoms with E-state index < -0.39 is 32.5 Å². The Morgan fingerprint density at radius 3 is 0.865 bits per heavy atom. The van der Waals surface area contributed by atoms with Gasteiger partial charge in [-0.3, -0.25) is 18.6 Å². The van der Waals surface area contributed by atoms with Gasteiger partial charge in [0.25, 0.3) is 0 Å². The number of nitrogens with two attached hydrogens (primary N) is 1. The number of phosphoric acid groups is 1. The Hall–Kier alpha value is -4.63. The van der Waals surface area contributed by atoms with E-state index in [0.717, 1.165) is 141 Å². The minimum absolute atomic E-state index is 0.0453. The standard InChI is InChI=1S/C79H130NO8P/c1-3-5-7-9-11-13-15-17-19-21-23-25-27-29-31-33-35-36-37-38-39-40-42-44-46-48-50-52-54-56-58-60-62-64-66-68-70-72-79(82)88-77(76-87-89(83,84)86-74-73-80)75-85-78(81)71-69-67-65-63-61-59-57-55-53-51-49-47-45-43-41-34-32-30-28-26-24-22-20-18-16-14-12-10-8-6-4-2/h5-8,11-14,17-20,23-26,29-32,35-36,38-39,41,43,47,49,77H,3-4,9-10,15-16,21-22,27-28,33-34,37,40,42,44-46,48,50-76,80H2,1-2H3,(H,83,84)/b7-5-,8-6-,13-11-,14-12-,19-17-,20-18-,25-23-,26-24-,31-29-,32-30-,36-35-,39-38-,43-41-,49-47-. The lowest BCUT2D eigenvalue weighted by Crippen LogP contribution is -2.29. The Labute approximate surface area is 546 Å². The van der Waals surface area contributed by atoms with E-state index in [1.807, 2.05) is 0 Å². The van der Waals surface area contributed by atoms with E-state index in [1.54, 1.807) is 0 Å². The highest BCUT2D eigenvalue weighted by molar-refractivity contribution is 7.47. The average Bonchev–Trinajstić information content (AvgIpc) is 3.68. The predicted molar refractivity (Wildman–Crippen MR) is 385 cm³/mol. The molecular formula is C79H130NO8P. The molecule has 0 radical (unpaired) electrons. The van der Waals surface area contributed by atoms with Gasteiger partial charge < -0.3 is 20.1 Å². The number of allylic oxidation sites excluding steroid dienone is 28. The van der Waals surface area contributed by atoms with Gasteiger partial charge in [0.1, 0.15) is 6.61 Å². The Balaban J connectivity index is 3.94. The van der Waals surface area contributed by atoms with Crippen molar-refractivity contribution >= 4 is 19.8 Å². The molecule has 0 aliphatic carbocycles. The van der Waals surface area contributed by atoms with E-state index >= 15 is 0 Å². The summed E-state index contributed by atoms with van der Waals surface area (Å²) >= 11 is 0. The van der Waals surface area contributed by atoms with Gasteiger partial charge in [-0.15, -0.1) is 0 Å². The lowest BCUT2D eigenvalue weighted by atomic mass is 10.0. The number of ether oxygens (including phenoxy) is 2. The van der Waals surface area contributed by atoms with Gasteiger partial charge in [-0.05, 0) is 128 Å². The summed E-state index contributed by atoms with van der Waals surface area (Å²) in [5.74, 6) is -0.839. The van der Waals surface area contributed by atoms with Crippen LogP contribution in [0.4, 0.5) is 0 Å². The lowest BCUT2D eigenvalue weighted by Gasteiger charge is -2.19. The minimum atomic E-state index is -4.41. The first-order chi connectivity index (χ1) is 43.8. The van der Waals surface area contributed by atoms with Crippen LogP contribution in [0.5, 0.6) is 0 Å². The van der Waals surface area contributed by atoms with E-state index in [2.05, 4.69) is 184 Å². The maximum atomic E-state index is 12.8. The normalized spacial score (nSPS) is 14.0. The molecule has 0 aromatic carbocycles. The fourth-order valence-corrected chi connectivity index (χ4v) is 10.2. The highest BCUT2D eigenvalue weighted by Gasteiger charge is 2.26. The molecular weight excluding hydrogens is 1120 g/mol. The molecule has 0 aliphatic rings. The van der Waals surface area contributed by atoms with E-state index in [-0.39, 0.29) is 32.6 Å². The molecule has 0 spiro atoms. The molecule has 0 aromatic rings. The minimum Gasteiger partial charge on any atom is -0.462 e. The van der Waals surface area contributed by atoms with Crippen molar-refractivity contribution in [2.45, 2.75) is 290 Å². The molecule has 9 nitrogen and oxygen atoms in total. The van der Waals surface area contributed by atoms with Gasteiger partial charge in [0.2, 0.25) is 0 Å². The van der Waals surface area contributed by atoms with Crippen LogP contribution in [0.2, 0.25) is 0 Å². The van der Waals surface area contributed by atoms with Crippen LogP contribution in [-0.4, -0.2) is 49.3 Å². The van der Waals surface area contributed by atoms with E-state index in [1.165, 1.54) is 109 Å². The summed E-state index contributed by atoms with van der Waals surface area (Å²) in [4.78, 5) is 35.4. The molecule has 0 saturated heterocycles. The number of unbranched alkanes of at least 4 members (excludes halogenated alkanes) is 24. The number of esters is 2. The van der Waals surface area contributed by atoms with Crippen LogP contribution in [0.1, 0.15) is 284 Å². The molecule has 10 heteroatoms. The summed E-state index contributed by atoms with van der Waals surface area (Å²) in [6.45, 7) is 3.51. The molecule has 0 fully saturated rings. The van der Waals surface area contributed by atoms with E-state index in [0.29, 0.717) is 6.42 Å². The first kappa shape index (κ1) is 84.4. The van der Waals surface area contributed by atoms with Gasteiger partial charge in [0, 0.05) is 19.4 Å². The molecule has 3 N–H and O–H groups in total. The van der Waals surface area contributed by atoms with E-state index in [4.69, 9.17) is 24.3 Å². The fourth-order valence-electron chi connectivity index (χ4n) is 9.42. The van der Waals surface area contributed by atoms with Gasteiger partial charge in [-0.25, -0.2) is 4.57 Å². The van der Waals surface area contributed by atoms with Gasteiger partial charge in [0.05, 0.1) is 13.2 Å². The van der Waals surface area contributed by atoms with Gasteiger partial charge in [-0.2, -0.15) is 0 Å². The van der Waals surface area contributed by atoms with Crippen molar-refractivity contribution in [3.63, 3.8) is 0 Å². The molecule has 2 unspecified atom stereocenters. The van der Waals surface area contributed by atoms with Crippen molar-refractivity contribution in [1.29, 1.82) is 0 Å². The molecule has 2 atom stereocenters. The van der Waals surface area contributed by atoms with Crippen LogP contribution in [0.25, 0.3) is 0 Å². The molecule has 0 heterocycles.